The van der Waals surface area contributed by atoms with Crippen molar-refractivity contribution in [2.45, 2.75) is 26.7 Å². The molecule has 0 aliphatic rings. The molecule has 172 valence electrons. The van der Waals surface area contributed by atoms with Crippen molar-refractivity contribution in [3.05, 3.63) is 70.4 Å². The number of halogens is 2. The molecule has 32 heavy (non-hydrogen) atoms. The van der Waals surface area contributed by atoms with E-state index in [1.54, 1.807) is 25.3 Å². The zero-order chi connectivity index (χ0) is 23.7. The zero-order valence-electron chi connectivity index (χ0n) is 18.5. The maximum Gasteiger partial charge on any atom is 0.228 e. The third-order valence-electron chi connectivity index (χ3n) is 4.86. The molecule has 0 spiro atoms. The monoisotopic (exact) mass is 460 g/mol. The van der Waals surface area contributed by atoms with Crippen molar-refractivity contribution in [3.8, 4) is 0 Å². The molecule has 1 aromatic carbocycles. The highest BCUT2D eigenvalue weighted by Gasteiger charge is 2.16. The van der Waals surface area contributed by atoms with Crippen LogP contribution in [0.3, 0.4) is 0 Å². The van der Waals surface area contributed by atoms with Crippen LogP contribution in [0, 0.1) is 11.7 Å². The number of benzene rings is 1. The highest BCUT2D eigenvalue weighted by molar-refractivity contribution is 6.30. The molecule has 0 saturated carbocycles. The topological polar surface area (TPSA) is 118 Å². The summed E-state index contributed by atoms with van der Waals surface area (Å²) in [7, 11) is 1.85. The number of amides is 1. The Morgan fingerprint density at radius 1 is 1.25 bits per heavy atom. The number of nitrogens with zero attached hydrogens (tertiary/aromatic N) is 1. The molecule has 1 amide bonds. The van der Waals surface area contributed by atoms with Crippen LogP contribution in [0.5, 0.6) is 0 Å². The van der Waals surface area contributed by atoms with Gasteiger partial charge >= 0.3 is 0 Å². The van der Waals surface area contributed by atoms with Crippen molar-refractivity contribution in [2.75, 3.05) is 24.2 Å². The predicted octanol–water partition coefficient (Wildman–Crippen LogP) is 4.05. The third-order valence-corrected chi connectivity index (χ3v) is 5.10. The van der Waals surface area contributed by atoms with Gasteiger partial charge in [-0.05, 0) is 63.7 Å². The highest BCUT2D eigenvalue weighted by Crippen LogP contribution is 2.22. The van der Waals surface area contributed by atoms with Crippen molar-refractivity contribution in [2.24, 2.45) is 17.4 Å². The van der Waals surface area contributed by atoms with E-state index in [2.05, 4.69) is 20.9 Å². The number of hydrogen-bond donors (Lipinski definition) is 5. The van der Waals surface area contributed by atoms with Gasteiger partial charge in [0.15, 0.2) is 0 Å². The minimum atomic E-state index is -0.491. The van der Waals surface area contributed by atoms with Crippen molar-refractivity contribution >= 4 is 34.7 Å². The Bertz CT molecular complexity index is 1000. The van der Waals surface area contributed by atoms with Crippen molar-refractivity contribution in [1.82, 2.24) is 10.3 Å². The fourth-order valence-corrected chi connectivity index (χ4v) is 3.17. The second-order valence-corrected chi connectivity index (χ2v) is 7.80. The summed E-state index contributed by atoms with van der Waals surface area (Å²) in [6, 6.07) is 7.56. The summed E-state index contributed by atoms with van der Waals surface area (Å²) >= 11 is 5.96. The van der Waals surface area contributed by atoms with Crippen LogP contribution in [0.15, 0.2) is 54.0 Å². The van der Waals surface area contributed by atoms with Gasteiger partial charge in [0.05, 0.1) is 5.70 Å². The van der Waals surface area contributed by atoms with E-state index in [-0.39, 0.29) is 23.1 Å². The minimum Gasteiger partial charge on any atom is -0.401 e. The number of rotatable bonds is 10. The molecule has 7 nitrogen and oxygen atoms in total. The fraction of sp³-hybridized carbons (Fsp3) is 0.304. The van der Waals surface area contributed by atoms with Crippen LogP contribution in [-0.4, -0.2) is 24.5 Å². The SMILES string of the molecule is CCC(CCNC)C(=O)Nc1cc(NC(/C=C(\N)c2cc(Cl)ccc2F)=C(\C)N)ccn1. The van der Waals surface area contributed by atoms with Crippen LogP contribution < -0.4 is 27.4 Å². The van der Waals surface area contributed by atoms with Crippen LogP contribution in [-0.2, 0) is 4.79 Å². The molecule has 0 bridgehead atoms. The number of carbonyl (C=O) groups excluding carboxylic acids is 1. The molecule has 1 heterocycles. The van der Waals surface area contributed by atoms with Crippen molar-refractivity contribution < 1.29 is 9.18 Å². The van der Waals surface area contributed by atoms with Gasteiger partial charge in [-0.2, -0.15) is 0 Å². The van der Waals surface area contributed by atoms with Gasteiger partial charge in [0.25, 0.3) is 0 Å². The molecule has 1 atom stereocenters. The average molecular weight is 461 g/mol. The number of aromatic nitrogens is 1. The highest BCUT2D eigenvalue weighted by atomic mass is 35.5. The quantitative estimate of drug-likeness (QED) is 0.341. The molecule has 2 aromatic rings. The Hall–Kier alpha value is -3.10. The first-order chi connectivity index (χ1) is 15.2. The largest absolute Gasteiger partial charge is 0.401 e. The average Bonchev–Trinajstić information content (AvgIpc) is 2.75. The molecule has 1 unspecified atom stereocenters. The van der Waals surface area contributed by atoms with Gasteiger partial charge in [0.2, 0.25) is 5.91 Å². The van der Waals surface area contributed by atoms with Crippen LogP contribution in [0.1, 0.15) is 32.3 Å². The van der Waals surface area contributed by atoms with E-state index >= 15 is 0 Å². The molecule has 0 saturated heterocycles. The first kappa shape index (κ1) is 25.2. The Balaban J connectivity index is 2.20. The Kier molecular flexibility index (Phi) is 9.49. The van der Waals surface area contributed by atoms with Gasteiger partial charge < -0.3 is 27.4 Å². The number of nitrogens with one attached hydrogen (secondary N) is 3. The summed E-state index contributed by atoms with van der Waals surface area (Å²) in [4.78, 5) is 16.8. The summed E-state index contributed by atoms with van der Waals surface area (Å²) in [5.74, 6) is -0.277. The number of carbonyl (C=O) groups is 1. The van der Waals surface area contributed by atoms with Gasteiger partial charge in [0, 0.05) is 45.8 Å². The Morgan fingerprint density at radius 3 is 2.66 bits per heavy atom. The molecule has 9 heteroatoms. The lowest BCUT2D eigenvalue weighted by atomic mass is 10.0. The third kappa shape index (κ3) is 7.25. The van der Waals surface area contributed by atoms with E-state index in [1.165, 1.54) is 24.3 Å². The number of anilines is 2. The van der Waals surface area contributed by atoms with Crippen molar-refractivity contribution in [1.29, 1.82) is 0 Å². The summed E-state index contributed by atoms with van der Waals surface area (Å²) in [5.41, 5.74) is 14.0. The number of nitrogens with two attached hydrogens (primary N) is 2. The predicted molar refractivity (Wildman–Crippen MR) is 129 cm³/mol. The molecule has 0 aliphatic heterocycles. The van der Waals surface area contributed by atoms with E-state index in [9.17, 15) is 9.18 Å². The van der Waals surface area contributed by atoms with E-state index in [0.717, 1.165) is 19.4 Å². The molecule has 0 aliphatic carbocycles. The van der Waals surface area contributed by atoms with E-state index in [4.69, 9.17) is 23.1 Å². The van der Waals surface area contributed by atoms with Crippen LogP contribution >= 0.6 is 11.6 Å². The first-order valence-corrected chi connectivity index (χ1v) is 10.7. The van der Waals surface area contributed by atoms with E-state index in [0.29, 0.717) is 27.9 Å². The Labute approximate surface area is 193 Å². The molecule has 7 N–H and O–H groups in total. The van der Waals surface area contributed by atoms with Crippen LogP contribution in [0.2, 0.25) is 5.02 Å². The summed E-state index contributed by atoms with van der Waals surface area (Å²) < 4.78 is 14.1. The standard InChI is InChI=1S/C23H30ClFN6O/c1-4-15(7-9-28-3)23(32)31-22-12-17(8-10-29-22)30-21(14(2)26)13-20(27)18-11-16(24)5-6-19(18)25/h5-6,8,10-13,15,28H,4,7,9,26-27H2,1-3H3,(H2,29,30,31,32)/b20-13-,21-14+. The van der Waals surface area contributed by atoms with Gasteiger partial charge in [-0.1, -0.05) is 18.5 Å². The second-order valence-electron chi connectivity index (χ2n) is 7.36. The summed E-state index contributed by atoms with van der Waals surface area (Å²) in [6.45, 7) is 4.43. The fourth-order valence-electron chi connectivity index (χ4n) is 3.00. The molecular formula is C23H30ClFN6O. The van der Waals surface area contributed by atoms with Gasteiger partial charge in [0.1, 0.15) is 11.6 Å². The zero-order valence-corrected chi connectivity index (χ0v) is 19.3. The first-order valence-electron chi connectivity index (χ1n) is 10.3. The number of pyridine rings is 1. The lowest BCUT2D eigenvalue weighted by Crippen LogP contribution is -2.26. The molecule has 1 aromatic heterocycles. The molecular weight excluding hydrogens is 431 g/mol. The van der Waals surface area contributed by atoms with E-state index < -0.39 is 5.82 Å². The van der Waals surface area contributed by atoms with Gasteiger partial charge in [-0.15, -0.1) is 0 Å². The summed E-state index contributed by atoms with van der Waals surface area (Å²) in [5, 5.41) is 9.43. The molecule has 0 radical (unpaired) electrons. The maximum absolute atomic E-state index is 14.1. The minimum absolute atomic E-state index is 0.0845. The normalized spacial score (nSPS) is 13.3. The smallest absolute Gasteiger partial charge is 0.228 e. The summed E-state index contributed by atoms with van der Waals surface area (Å²) in [6.07, 6.45) is 4.57. The molecule has 2 rings (SSSR count). The molecule has 0 fully saturated rings. The van der Waals surface area contributed by atoms with Crippen molar-refractivity contribution in [3.63, 3.8) is 0 Å². The number of hydrogen-bond acceptors (Lipinski definition) is 6. The lowest BCUT2D eigenvalue weighted by Gasteiger charge is -2.15. The van der Waals surface area contributed by atoms with E-state index in [1.807, 2.05) is 14.0 Å². The second kappa shape index (κ2) is 12.1. The lowest BCUT2D eigenvalue weighted by molar-refractivity contribution is -0.120. The van der Waals surface area contributed by atoms with Crippen LogP contribution in [0.4, 0.5) is 15.9 Å². The maximum atomic E-state index is 14.1. The van der Waals surface area contributed by atoms with Gasteiger partial charge in [-0.3, -0.25) is 4.79 Å². The Morgan fingerprint density at radius 2 is 2.00 bits per heavy atom. The van der Waals surface area contributed by atoms with Gasteiger partial charge in [-0.25, -0.2) is 9.37 Å². The van der Waals surface area contributed by atoms with Crippen LogP contribution in [0.25, 0.3) is 5.70 Å². The number of allylic oxidation sites excluding steroid dienone is 2.